The van der Waals surface area contributed by atoms with Gasteiger partial charge in [-0.2, -0.15) is 0 Å². The molecule has 0 radical (unpaired) electrons. The predicted molar refractivity (Wildman–Crippen MR) is 89.8 cm³/mol. The fourth-order valence-electron chi connectivity index (χ4n) is 2.96. The van der Waals surface area contributed by atoms with E-state index < -0.39 is 11.4 Å². The van der Waals surface area contributed by atoms with Crippen molar-refractivity contribution in [2.75, 3.05) is 20.1 Å². The number of H-pyrrole nitrogens is 1. The lowest BCUT2D eigenvalue weighted by Crippen LogP contribution is -2.44. The lowest BCUT2D eigenvalue weighted by Gasteiger charge is -2.31. The first-order valence-electron chi connectivity index (χ1n) is 7.37. The zero-order valence-electron chi connectivity index (χ0n) is 12.8. The van der Waals surface area contributed by atoms with E-state index >= 15 is 0 Å². The van der Waals surface area contributed by atoms with Gasteiger partial charge in [-0.05, 0) is 44.1 Å². The molecule has 1 aromatic heterocycles. The summed E-state index contributed by atoms with van der Waals surface area (Å²) in [7, 11) is 1.76. The van der Waals surface area contributed by atoms with Crippen LogP contribution in [0.2, 0.25) is 0 Å². The second kappa shape index (κ2) is 7.10. The number of carbonyl (C=O) groups excluding carboxylic acids is 1. The molecule has 0 spiro atoms. The molecule has 0 saturated carbocycles. The molecule has 3 rings (SSSR count). The Balaban J connectivity index is 0.00000192. The van der Waals surface area contributed by atoms with E-state index in [1.165, 1.54) is 24.3 Å². The van der Waals surface area contributed by atoms with Gasteiger partial charge in [-0.25, -0.2) is 4.39 Å². The van der Waals surface area contributed by atoms with Gasteiger partial charge in [0.2, 0.25) is 5.56 Å². The molecule has 1 aromatic carbocycles. The van der Waals surface area contributed by atoms with Crippen molar-refractivity contribution in [2.45, 2.75) is 18.9 Å². The zero-order valence-corrected chi connectivity index (χ0v) is 13.6. The first-order valence-corrected chi connectivity index (χ1v) is 7.37. The van der Waals surface area contributed by atoms with E-state index in [0.29, 0.717) is 16.5 Å². The molecule has 7 heteroatoms. The Morgan fingerprint density at radius 1 is 1.26 bits per heavy atom. The maximum absolute atomic E-state index is 13.3. The summed E-state index contributed by atoms with van der Waals surface area (Å²) in [5, 5.41) is 3.82. The number of pyridine rings is 1. The van der Waals surface area contributed by atoms with Crippen molar-refractivity contribution >= 4 is 29.2 Å². The Morgan fingerprint density at radius 3 is 2.65 bits per heavy atom. The van der Waals surface area contributed by atoms with E-state index in [1.807, 2.05) is 0 Å². The topological polar surface area (TPSA) is 65.2 Å². The van der Waals surface area contributed by atoms with Gasteiger partial charge in [0, 0.05) is 24.5 Å². The molecule has 0 unspecified atom stereocenters. The minimum absolute atomic E-state index is 0. The molecule has 2 N–H and O–H groups in total. The van der Waals surface area contributed by atoms with Gasteiger partial charge in [0.05, 0.1) is 11.1 Å². The molecule has 1 amide bonds. The fourth-order valence-corrected chi connectivity index (χ4v) is 2.96. The largest absolute Gasteiger partial charge is 0.339 e. The van der Waals surface area contributed by atoms with Crippen molar-refractivity contribution in [3.63, 3.8) is 0 Å². The van der Waals surface area contributed by atoms with Gasteiger partial charge in [0.15, 0.2) is 0 Å². The van der Waals surface area contributed by atoms with Gasteiger partial charge in [-0.15, -0.1) is 12.4 Å². The second-order valence-electron chi connectivity index (χ2n) is 5.63. The number of halogens is 2. The van der Waals surface area contributed by atoms with Crippen molar-refractivity contribution in [3.05, 3.63) is 46.0 Å². The molecule has 2 aromatic rings. The molecule has 1 aliphatic rings. The highest BCUT2D eigenvalue weighted by Gasteiger charge is 2.24. The van der Waals surface area contributed by atoms with Crippen LogP contribution in [0.15, 0.2) is 29.1 Å². The van der Waals surface area contributed by atoms with Crippen molar-refractivity contribution in [2.24, 2.45) is 0 Å². The number of hydrogen-bond donors (Lipinski definition) is 2. The van der Waals surface area contributed by atoms with Crippen LogP contribution in [0.5, 0.6) is 0 Å². The molecule has 1 fully saturated rings. The van der Waals surface area contributed by atoms with Crippen LogP contribution in [-0.2, 0) is 0 Å². The van der Waals surface area contributed by atoms with Gasteiger partial charge in [0.25, 0.3) is 5.91 Å². The predicted octanol–water partition coefficient (Wildman–Crippen LogP) is 1.91. The monoisotopic (exact) mass is 339 g/mol. The Labute approximate surface area is 139 Å². The van der Waals surface area contributed by atoms with Crippen LogP contribution < -0.4 is 10.9 Å². The Morgan fingerprint density at radius 2 is 1.96 bits per heavy atom. The lowest BCUT2D eigenvalue weighted by atomic mass is 10.0. The number of nitrogens with zero attached hydrogens (tertiary/aromatic N) is 1. The van der Waals surface area contributed by atoms with Crippen molar-refractivity contribution < 1.29 is 9.18 Å². The second-order valence-corrected chi connectivity index (χ2v) is 5.63. The van der Waals surface area contributed by atoms with E-state index in [9.17, 15) is 14.0 Å². The number of piperidine rings is 1. The number of amides is 1. The Bertz CT molecular complexity index is 771. The molecule has 0 atom stereocenters. The number of benzene rings is 1. The molecule has 23 heavy (non-hydrogen) atoms. The Hall–Kier alpha value is -1.92. The Kier molecular flexibility index (Phi) is 5.38. The van der Waals surface area contributed by atoms with E-state index in [4.69, 9.17) is 0 Å². The van der Waals surface area contributed by atoms with E-state index in [1.54, 1.807) is 11.9 Å². The molecule has 1 aliphatic heterocycles. The number of nitrogens with one attached hydrogen (secondary N) is 2. The quantitative estimate of drug-likeness (QED) is 0.878. The normalized spacial score (nSPS) is 15.2. The lowest BCUT2D eigenvalue weighted by molar-refractivity contribution is 0.0705. The molecule has 5 nitrogen and oxygen atoms in total. The third kappa shape index (κ3) is 3.54. The third-order valence-corrected chi connectivity index (χ3v) is 4.21. The van der Waals surface area contributed by atoms with E-state index in [2.05, 4.69) is 10.3 Å². The van der Waals surface area contributed by atoms with Crippen molar-refractivity contribution in [1.82, 2.24) is 15.2 Å². The van der Waals surface area contributed by atoms with Crippen LogP contribution in [0.1, 0.15) is 23.2 Å². The van der Waals surface area contributed by atoms with Crippen molar-refractivity contribution in [1.29, 1.82) is 0 Å². The van der Waals surface area contributed by atoms with Gasteiger partial charge in [0.1, 0.15) is 5.82 Å². The number of carbonyl (C=O) groups is 1. The summed E-state index contributed by atoms with van der Waals surface area (Å²) in [5.74, 6) is -0.644. The van der Waals surface area contributed by atoms with Crippen molar-refractivity contribution in [3.8, 4) is 0 Å². The number of hydrogen-bond acceptors (Lipinski definition) is 3. The average Bonchev–Trinajstić information content (AvgIpc) is 2.53. The molecular weight excluding hydrogens is 321 g/mol. The van der Waals surface area contributed by atoms with Gasteiger partial charge in [-0.3, -0.25) is 9.59 Å². The maximum Gasteiger partial charge on any atom is 0.254 e. The van der Waals surface area contributed by atoms with E-state index in [-0.39, 0.29) is 24.4 Å². The minimum atomic E-state index is -0.445. The summed E-state index contributed by atoms with van der Waals surface area (Å²) in [5.41, 5.74) is 0.259. The first-order chi connectivity index (χ1) is 10.6. The summed E-state index contributed by atoms with van der Waals surface area (Å²) in [6, 6.07) is 5.51. The molecule has 0 bridgehead atoms. The molecule has 2 heterocycles. The maximum atomic E-state index is 13.3. The summed E-state index contributed by atoms with van der Waals surface area (Å²) in [4.78, 5) is 28.8. The third-order valence-electron chi connectivity index (χ3n) is 4.21. The number of aromatic nitrogens is 1. The molecule has 0 aliphatic carbocycles. The molecular formula is C16H19ClFN3O2. The summed E-state index contributed by atoms with van der Waals surface area (Å²) < 4.78 is 13.3. The molecule has 1 saturated heterocycles. The van der Waals surface area contributed by atoms with Gasteiger partial charge < -0.3 is 15.2 Å². The first kappa shape index (κ1) is 17.4. The van der Waals surface area contributed by atoms with Gasteiger partial charge in [-0.1, -0.05) is 0 Å². The molecule has 124 valence electrons. The number of aromatic amines is 1. The van der Waals surface area contributed by atoms with Crippen LogP contribution in [0, 0.1) is 5.82 Å². The number of fused-ring (bicyclic) bond motifs is 1. The highest BCUT2D eigenvalue weighted by atomic mass is 35.5. The highest BCUT2D eigenvalue weighted by Crippen LogP contribution is 2.20. The highest BCUT2D eigenvalue weighted by molar-refractivity contribution is 6.06. The summed E-state index contributed by atoms with van der Waals surface area (Å²) >= 11 is 0. The summed E-state index contributed by atoms with van der Waals surface area (Å²) in [6.45, 7) is 1.76. The van der Waals surface area contributed by atoms with Gasteiger partial charge >= 0.3 is 0 Å². The zero-order chi connectivity index (χ0) is 15.7. The average molecular weight is 340 g/mol. The van der Waals surface area contributed by atoms with Crippen LogP contribution in [0.4, 0.5) is 4.39 Å². The standard InChI is InChI=1S/C16H18FN3O2.ClH/c1-20(11-4-6-18-7-5-11)16(22)13-9-15(21)19-14-8-10(17)2-3-12(13)14;/h2-3,8-9,11,18H,4-7H2,1H3,(H,19,21);1H. The van der Waals surface area contributed by atoms with Crippen LogP contribution >= 0.6 is 12.4 Å². The number of rotatable bonds is 2. The fraction of sp³-hybridized carbons (Fsp3) is 0.375. The van der Waals surface area contributed by atoms with E-state index in [0.717, 1.165) is 25.9 Å². The minimum Gasteiger partial charge on any atom is -0.339 e. The smallest absolute Gasteiger partial charge is 0.254 e. The van der Waals surface area contributed by atoms with Crippen LogP contribution in [-0.4, -0.2) is 42.0 Å². The summed E-state index contributed by atoms with van der Waals surface area (Å²) in [6.07, 6.45) is 1.77. The van der Waals surface area contributed by atoms with Crippen LogP contribution in [0.25, 0.3) is 10.9 Å². The van der Waals surface area contributed by atoms with Crippen LogP contribution in [0.3, 0.4) is 0 Å². The SMILES string of the molecule is CN(C(=O)c1cc(=O)[nH]c2cc(F)ccc12)C1CCNCC1.Cl.